The number of hydrogen-bond acceptors (Lipinski definition) is 5. The van der Waals surface area contributed by atoms with E-state index in [1.54, 1.807) is 0 Å². The number of aliphatic hydroxyl groups excluding tert-OH is 1. The van der Waals surface area contributed by atoms with Gasteiger partial charge in [0.2, 0.25) is 0 Å². The highest BCUT2D eigenvalue weighted by atomic mass is 16.5. The molecule has 7 nitrogen and oxygen atoms in total. The molecule has 1 heterocycles. The fraction of sp³-hybridized carbons (Fsp3) is 0.727. The topological polar surface area (TPSA) is 97.5 Å². The van der Waals surface area contributed by atoms with Gasteiger partial charge in [0.25, 0.3) is 0 Å². The van der Waals surface area contributed by atoms with Crippen LogP contribution in [-0.4, -0.2) is 50.5 Å². The Morgan fingerprint density at radius 1 is 1.61 bits per heavy atom. The molecule has 100 valence electrons. The van der Waals surface area contributed by atoms with Crippen LogP contribution >= 0.6 is 0 Å². The lowest BCUT2D eigenvalue weighted by atomic mass is 10.2. The monoisotopic (exact) mass is 255 g/mol. The Bertz CT molecular complexity index is 428. The highest BCUT2D eigenvalue weighted by Gasteiger charge is 2.34. The molecule has 1 unspecified atom stereocenters. The summed E-state index contributed by atoms with van der Waals surface area (Å²) in [5, 5.41) is 26.3. The second-order valence-electron chi connectivity index (χ2n) is 4.40. The number of carbonyl (C=O) groups is 1. The van der Waals surface area contributed by atoms with Gasteiger partial charge in [-0.15, -0.1) is 5.10 Å². The minimum atomic E-state index is -1.07. The normalized spacial score (nSPS) is 16.8. The fourth-order valence-electron chi connectivity index (χ4n) is 1.87. The van der Waals surface area contributed by atoms with E-state index in [4.69, 9.17) is 9.84 Å². The second-order valence-corrected chi connectivity index (χ2v) is 4.40. The number of aliphatic hydroxyl groups is 1. The van der Waals surface area contributed by atoms with Crippen molar-refractivity contribution in [1.29, 1.82) is 0 Å². The predicted octanol–water partition coefficient (Wildman–Crippen LogP) is 0.251. The lowest BCUT2D eigenvalue weighted by Gasteiger charge is -2.12. The summed E-state index contributed by atoms with van der Waals surface area (Å²) in [7, 11) is 0. The van der Waals surface area contributed by atoms with Crippen LogP contribution in [0.1, 0.15) is 41.9 Å². The van der Waals surface area contributed by atoms with E-state index in [1.807, 2.05) is 6.92 Å². The average Bonchev–Trinajstić information content (AvgIpc) is 3.08. The van der Waals surface area contributed by atoms with E-state index in [0.717, 1.165) is 12.8 Å². The number of aromatic nitrogens is 3. The van der Waals surface area contributed by atoms with Gasteiger partial charge in [-0.2, -0.15) is 0 Å². The molecule has 0 amide bonds. The smallest absolute Gasteiger partial charge is 0.358 e. The van der Waals surface area contributed by atoms with Gasteiger partial charge in [0, 0.05) is 12.5 Å². The van der Waals surface area contributed by atoms with Crippen molar-refractivity contribution in [3.63, 3.8) is 0 Å². The van der Waals surface area contributed by atoms with E-state index in [9.17, 15) is 9.90 Å². The Balaban J connectivity index is 2.10. The van der Waals surface area contributed by atoms with E-state index in [2.05, 4.69) is 10.3 Å². The second kappa shape index (κ2) is 5.45. The molecule has 0 radical (unpaired) electrons. The van der Waals surface area contributed by atoms with Crippen LogP contribution in [0.5, 0.6) is 0 Å². The molecule has 1 aliphatic rings. The summed E-state index contributed by atoms with van der Waals surface area (Å²) in [4.78, 5) is 11.0. The van der Waals surface area contributed by atoms with Crippen molar-refractivity contribution in [2.75, 3.05) is 13.2 Å². The number of carboxylic acid groups (broad SMARTS) is 1. The molecule has 1 aromatic rings. The maximum absolute atomic E-state index is 11.0. The number of rotatable bonds is 7. The van der Waals surface area contributed by atoms with Gasteiger partial charge in [-0.25, -0.2) is 9.48 Å². The molecule has 0 aliphatic heterocycles. The molecule has 2 rings (SSSR count). The molecular weight excluding hydrogens is 238 g/mol. The Labute approximate surface area is 104 Å². The Hall–Kier alpha value is -1.47. The first-order valence-corrected chi connectivity index (χ1v) is 6.06. The molecular formula is C11H17N3O4. The van der Waals surface area contributed by atoms with Crippen molar-refractivity contribution in [3.05, 3.63) is 11.4 Å². The quantitative estimate of drug-likeness (QED) is 0.725. The van der Waals surface area contributed by atoms with Crippen molar-refractivity contribution in [1.82, 2.24) is 15.0 Å². The lowest BCUT2D eigenvalue weighted by Crippen LogP contribution is -2.24. The number of hydrogen-bond donors (Lipinski definition) is 2. The van der Waals surface area contributed by atoms with Crippen LogP contribution in [0.3, 0.4) is 0 Å². The number of carboxylic acids is 1. The predicted molar refractivity (Wildman–Crippen MR) is 61.5 cm³/mol. The van der Waals surface area contributed by atoms with E-state index < -0.39 is 12.1 Å². The standard InChI is InChI=1S/C11H17N3O4/c1-2-18-6-8(15)5-14-10(7-3-4-7)9(11(16)17)12-13-14/h7-8,15H,2-6H2,1H3,(H,16,17). The van der Waals surface area contributed by atoms with Gasteiger partial charge in [-0.1, -0.05) is 5.21 Å². The summed E-state index contributed by atoms with van der Waals surface area (Å²) >= 11 is 0. The van der Waals surface area contributed by atoms with Crippen LogP contribution in [0.4, 0.5) is 0 Å². The summed E-state index contributed by atoms with van der Waals surface area (Å²) in [6, 6.07) is 0. The molecule has 0 bridgehead atoms. The van der Waals surface area contributed by atoms with E-state index in [1.165, 1.54) is 4.68 Å². The lowest BCUT2D eigenvalue weighted by molar-refractivity contribution is 0.0309. The zero-order valence-corrected chi connectivity index (χ0v) is 10.2. The van der Waals surface area contributed by atoms with Gasteiger partial charge in [0.15, 0.2) is 5.69 Å². The van der Waals surface area contributed by atoms with Crippen molar-refractivity contribution in [3.8, 4) is 0 Å². The van der Waals surface area contributed by atoms with Gasteiger partial charge in [0.05, 0.1) is 24.9 Å². The summed E-state index contributed by atoms with van der Waals surface area (Å²) in [6.07, 6.45) is 1.20. The number of ether oxygens (including phenoxy) is 1. The maximum atomic E-state index is 11.0. The van der Waals surface area contributed by atoms with Gasteiger partial charge in [0.1, 0.15) is 0 Å². The minimum Gasteiger partial charge on any atom is -0.476 e. The largest absolute Gasteiger partial charge is 0.476 e. The zero-order valence-electron chi connectivity index (χ0n) is 10.2. The molecule has 1 aliphatic carbocycles. The van der Waals surface area contributed by atoms with Crippen molar-refractivity contribution in [2.45, 2.75) is 38.3 Å². The third-order valence-electron chi connectivity index (χ3n) is 2.84. The summed E-state index contributed by atoms with van der Waals surface area (Å²) in [5.74, 6) is -0.854. The van der Waals surface area contributed by atoms with Crippen molar-refractivity contribution >= 4 is 5.97 Å². The maximum Gasteiger partial charge on any atom is 0.358 e. The molecule has 18 heavy (non-hydrogen) atoms. The molecule has 0 aromatic carbocycles. The van der Waals surface area contributed by atoms with E-state index >= 15 is 0 Å². The third kappa shape index (κ3) is 2.85. The minimum absolute atomic E-state index is 0.00103. The first kappa shape index (κ1) is 13.0. The highest BCUT2D eigenvalue weighted by molar-refractivity contribution is 5.86. The molecule has 2 N–H and O–H groups in total. The van der Waals surface area contributed by atoms with Crippen LogP contribution < -0.4 is 0 Å². The molecule has 1 saturated carbocycles. The van der Waals surface area contributed by atoms with Gasteiger partial charge >= 0.3 is 5.97 Å². The molecule has 1 aromatic heterocycles. The van der Waals surface area contributed by atoms with Gasteiger partial charge < -0.3 is 14.9 Å². The molecule has 0 saturated heterocycles. The van der Waals surface area contributed by atoms with E-state index in [0.29, 0.717) is 12.3 Å². The van der Waals surface area contributed by atoms with Crippen LogP contribution in [0.2, 0.25) is 0 Å². The van der Waals surface area contributed by atoms with Crippen molar-refractivity contribution < 1.29 is 19.7 Å². The molecule has 1 fully saturated rings. The summed E-state index contributed by atoms with van der Waals surface area (Å²) in [6.45, 7) is 2.81. The first-order valence-electron chi connectivity index (χ1n) is 6.06. The SMILES string of the molecule is CCOCC(O)Cn1nnc(C(=O)O)c1C1CC1. The van der Waals surface area contributed by atoms with Crippen LogP contribution in [0, 0.1) is 0 Å². The zero-order chi connectivity index (χ0) is 13.1. The molecule has 7 heteroatoms. The Kier molecular flexibility index (Phi) is 3.93. The molecule has 1 atom stereocenters. The van der Waals surface area contributed by atoms with Gasteiger partial charge in [-0.05, 0) is 19.8 Å². The van der Waals surface area contributed by atoms with Gasteiger partial charge in [-0.3, -0.25) is 0 Å². The Morgan fingerprint density at radius 2 is 2.33 bits per heavy atom. The summed E-state index contributed by atoms with van der Waals surface area (Å²) < 4.78 is 6.60. The third-order valence-corrected chi connectivity index (χ3v) is 2.84. The molecule has 0 spiro atoms. The fourth-order valence-corrected chi connectivity index (χ4v) is 1.87. The number of aromatic carboxylic acids is 1. The van der Waals surface area contributed by atoms with Crippen LogP contribution in [0.25, 0.3) is 0 Å². The van der Waals surface area contributed by atoms with Crippen molar-refractivity contribution in [2.24, 2.45) is 0 Å². The number of nitrogens with zero attached hydrogens (tertiary/aromatic N) is 3. The van der Waals surface area contributed by atoms with Crippen LogP contribution in [0.15, 0.2) is 0 Å². The Morgan fingerprint density at radius 3 is 2.89 bits per heavy atom. The highest BCUT2D eigenvalue weighted by Crippen LogP contribution is 2.41. The van der Waals surface area contributed by atoms with Crippen LogP contribution in [-0.2, 0) is 11.3 Å². The van der Waals surface area contributed by atoms with E-state index in [-0.39, 0.29) is 24.8 Å². The first-order chi connectivity index (χ1) is 8.63. The average molecular weight is 255 g/mol. The summed E-state index contributed by atoms with van der Waals surface area (Å²) in [5.41, 5.74) is 0.624.